The van der Waals surface area contributed by atoms with E-state index in [0.717, 1.165) is 0 Å². The number of ether oxygens (including phenoxy) is 1. The number of aryl methyl sites for hydroxylation is 1. The molecule has 2 aromatic carbocycles. The summed E-state index contributed by atoms with van der Waals surface area (Å²) < 4.78 is 6.58. The van der Waals surface area contributed by atoms with Crippen molar-refractivity contribution >= 4 is 28.8 Å². The molecule has 0 aliphatic heterocycles. The Balaban J connectivity index is 1.91. The van der Waals surface area contributed by atoms with Crippen LogP contribution in [0, 0.1) is 17.0 Å². The Morgan fingerprint density at radius 1 is 1.31 bits per heavy atom. The number of nitro benzene ring substituents is 1. The number of anilines is 1. The average molecular weight is 395 g/mol. The number of para-hydroxylation sites is 1. The van der Waals surface area contributed by atoms with Gasteiger partial charge in [-0.3, -0.25) is 19.5 Å². The molecule has 3 aromatic rings. The fourth-order valence-corrected chi connectivity index (χ4v) is 2.90. The van der Waals surface area contributed by atoms with Crippen molar-refractivity contribution in [2.24, 2.45) is 5.10 Å². The molecule has 29 heavy (non-hydrogen) atoms. The maximum atomic E-state index is 12.8. The zero-order valence-corrected chi connectivity index (χ0v) is 16.2. The molecule has 0 radical (unpaired) electrons. The monoisotopic (exact) mass is 395 g/mol. The highest BCUT2D eigenvalue weighted by Crippen LogP contribution is 2.18. The van der Waals surface area contributed by atoms with E-state index in [2.05, 4.69) is 15.5 Å². The largest absolute Gasteiger partial charge is 0.385 e. The third-order valence-corrected chi connectivity index (χ3v) is 4.40. The van der Waals surface area contributed by atoms with Crippen molar-refractivity contribution in [2.45, 2.75) is 19.9 Å². The lowest BCUT2D eigenvalue weighted by Gasteiger charge is -2.12. The minimum absolute atomic E-state index is 0.0225. The third kappa shape index (κ3) is 4.64. The quantitative estimate of drug-likeness (QED) is 0.271. The van der Waals surface area contributed by atoms with Crippen LogP contribution in [0.3, 0.4) is 0 Å². The van der Waals surface area contributed by atoms with Crippen molar-refractivity contribution in [3.05, 3.63) is 74.1 Å². The Kier molecular flexibility index (Phi) is 6.30. The molecule has 9 heteroatoms. The van der Waals surface area contributed by atoms with E-state index in [1.54, 1.807) is 44.4 Å². The van der Waals surface area contributed by atoms with Crippen LogP contribution in [0.5, 0.6) is 0 Å². The number of fused-ring (bicyclic) bond motifs is 1. The number of methoxy groups -OCH3 is 1. The van der Waals surface area contributed by atoms with Crippen molar-refractivity contribution in [1.82, 2.24) is 9.55 Å². The summed E-state index contributed by atoms with van der Waals surface area (Å²) in [5.74, 6) is 0.294. The first-order valence-electron chi connectivity index (χ1n) is 9.04. The van der Waals surface area contributed by atoms with Crippen molar-refractivity contribution in [3.63, 3.8) is 0 Å². The molecule has 0 saturated carbocycles. The fourth-order valence-electron chi connectivity index (χ4n) is 2.90. The van der Waals surface area contributed by atoms with Crippen molar-refractivity contribution in [1.29, 1.82) is 0 Å². The first kappa shape index (κ1) is 20.2. The van der Waals surface area contributed by atoms with E-state index in [-0.39, 0.29) is 11.2 Å². The lowest BCUT2D eigenvalue weighted by Crippen LogP contribution is -2.24. The SMILES string of the molecule is COCCCn1c(N/N=C\c2ccc(C)c([N+](=O)[O-])c2)nc2ccccc2c1=O. The van der Waals surface area contributed by atoms with Crippen LogP contribution in [-0.2, 0) is 11.3 Å². The molecule has 3 rings (SSSR count). The van der Waals surface area contributed by atoms with Crippen LogP contribution in [0.25, 0.3) is 10.9 Å². The molecule has 0 saturated heterocycles. The molecule has 0 amide bonds. The molecule has 0 spiro atoms. The van der Waals surface area contributed by atoms with Crippen LogP contribution in [0.15, 0.2) is 52.4 Å². The van der Waals surface area contributed by atoms with Crippen LogP contribution < -0.4 is 11.0 Å². The van der Waals surface area contributed by atoms with Gasteiger partial charge in [0.2, 0.25) is 5.95 Å². The van der Waals surface area contributed by atoms with E-state index in [1.807, 2.05) is 6.07 Å². The van der Waals surface area contributed by atoms with E-state index in [9.17, 15) is 14.9 Å². The Labute approximate surface area is 166 Å². The van der Waals surface area contributed by atoms with Gasteiger partial charge in [-0.1, -0.05) is 24.3 Å². The smallest absolute Gasteiger partial charge is 0.272 e. The van der Waals surface area contributed by atoms with Crippen molar-refractivity contribution in [2.75, 3.05) is 19.1 Å². The number of hydrogen-bond donors (Lipinski definition) is 1. The molecule has 0 atom stereocenters. The molecule has 0 bridgehead atoms. The Bertz CT molecular complexity index is 1120. The number of benzene rings is 2. The molecule has 0 fully saturated rings. The lowest BCUT2D eigenvalue weighted by molar-refractivity contribution is -0.385. The zero-order chi connectivity index (χ0) is 20.8. The first-order valence-corrected chi connectivity index (χ1v) is 9.04. The predicted molar refractivity (Wildman–Crippen MR) is 112 cm³/mol. The van der Waals surface area contributed by atoms with Gasteiger partial charge in [-0.15, -0.1) is 0 Å². The number of nitrogens with one attached hydrogen (secondary N) is 1. The molecular formula is C20H21N5O4. The highest BCUT2D eigenvalue weighted by Gasteiger charge is 2.11. The minimum Gasteiger partial charge on any atom is -0.385 e. The average Bonchev–Trinajstić information content (AvgIpc) is 2.71. The van der Waals surface area contributed by atoms with Gasteiger partial charge in [-0.2, -0.15) is 5.10 Å². The summed E-state index contributed by atoms with van der Waals surface area (Å²) in [6.07, 6.45) is 2.09. The van der Waals surface area contributed by atoms with Crippen LogP contribution >= 0.6 is 0 Å². The number of hydrogen-bond acceptors (Lipinski definition) is 7. The number of hydrazone groups is 1. The van der Waals surface area contributed by atoms with Crippen LogP contribution in [0.2, 0.25) is 0 Å². The van der Waals surface area contributed by atoms with Crippen molar-refractivity contribution < 1.29 is 9.66 Å². The Morgan fingerprint density at radius 2 is 2.10 bits per heavy atom. The van der Waals surface area contributed by atoms with E-state index in [0.29, 0.717) is 47.6 Å². The summed E-state index contributed by atoms with van der Waals surface area (Å²) in [4.78, 5) is 28.0. The summed E-state index contributed by atoms with van der Waals surface area (Å²) >= 11 is 0. The Hall–Kier alpha value is -3.59. The second kappa shape index (κ2) is 9.07. The van der Waals surface area contributed by atoms with Gasteiger partial charge in [-0.05, 0) is 25.5 Å². The second-order valence-corrected chi connectivity index (χ2v) is 6.43. The second-order valence-electron chi connectivity index (χ2n) is 6.43. The summed E-state index contributed by atoms with van der Waals surface area (Å²) in [6.45, 7) is 2.60. The van der Waals surface area contributed by atoms with E-state index < -0.39 is 4.92 Å². The maximum Gasteiger partial charge on any atom is 0.272 e. The minimum atomic E-state index is -0.432. The van der Waals surface area contributed by atoms with Crippen molar-refractivity contribution in [3.8, 4) is 0 Å². The Morgan fingerprint density at radius 3 is 2.86 bits per heavy atom. The standard InChI is InChI=1S/C20H21N5O4/c1-14-8-9-15(12-18(14)25(27)28)13-21-23-20-22-17-7-4-3-6-16(17)19(26)24(20)10-5-11-29-2/h3-4,6-9,12-13H,5,10-11H2,1-2H3,(H,22,23)/b21-13-. The molecule has 1 aromatic heterocycles. The topological polar surface area (TPSA) is 112 Å². The lowest BCUT2D eigenvalue weighted by atomic mass is 10.1. The highest BCUT2D eigenvalue weighted by molar-refractivity contribution is 5.82. The van der Waals surface area contributed by atoms with Gasteiger partial charge in [0, 0.05) is 37.5 Å². The summed E-state index contributed by atoms with van der Waals surface area (Å²) in [5, 5.41) is 15.7. The number of nitro groups is 1. The molecule has 150 valence electrons. The van der Waals surface area contributed by atoms with Gasteiger partial charge >= 0.3 is 0 Å². The van der Waals surface area contributed by atoms with E-state index in [1.165, 1.54) is 16.8 Å². The zero-order valence-electron chi connectivity index (χ0n) is 16.2. The summed E-state index contributed by atoms with van der Waals surface area (Å²) in [7, 11) is 1.60. The number of aromatic nitrogens is 2. The number of rotatable bonds is 8. The maximum absolute atomic E-state index is 12.8. The molecular weight excluding hydrogens is 374 g/mol. The highest BCUT2D eigenvalue weighted by atomic mass is 16.6. The summed E-state index contributed by atoms with van der Waals surface area (Å²) in [6, 6.07) is 11.9. The van der Waals surface area contributed by atoms with Crippen LogP contribution in [-0.4, -0.2) is 34.4 Å². The van der Waals surface area contributed by atoms with E-state index in [4.69, 9.17) is 4.74 Å². The third-order valence-electron chi connectivity index (χ3n) is 4.40. The number of nitrogens with zero attached hydrogens (tertiary/aromatic N) is 4. The molecule has 0 aliphatic carbocycles. The summed E-state index contributed by atoms with van der Waals surface area (Å²) in [5.41, 5.74) is 4.34. The first-order chi connectivity index (χ1) is 14.0. The van der Waals surface area contributed by atoms with Gasteiger partial charge in [0.15, 0.2) is 0 Å². The fraction of sp³-hybridized carbons (Fsp3) is 0.250. The van der Waals surface area contributed by atoms with Gasteiger partial charge in [-0.25, -0.2) is 10.4 Å². The molecule has 9 nitrogen and oxygen atoms in total. The molecule has 1 heterocycles. The van der Waals surface area contributed by atoms with Gasteiger partial charge in [0.25, 0.3) is 11.2 Å². The van der Waals surface area contributed by atoms with E-state index >= 15 is 0 Å². The normalized spacial score (nSPS) is 11.2. The van der Waals surface area contributed by atoms with Crippen LogP contribution in [0.4, 0.5) is 11.6 Å². The predicted octanol–water partition coefficient (Wildman–Crippen LogP) is 3.10. The van der Waals surface area contributed by atoms with Gasteiger partial charge < -0.3 is 4.74 Å². The molecule has 0 unspecified atom stereocenters. The molecule has 0 aliphatic rings. The van der Waals surface area contributed by atoms with Crippen LogP contribution in [0.1, 0.15) is 17.5 Å². The molecule has 1 N–H and O–H groups in total. The van der Waals surface area contributed by atoms with Gasteiger partial charge in [0.05, 0.1) is 22.0 Å². The van der Waals surface area contributed by atoms with Gasteiger partial charge in [0.1, 0.15) is 0 Å².